The Labute approximate surface area is 163 Å². The average Bonchev–Trinajstić information content (AvgIpc) is 2.95. The Bertz CT molecular complexity index is 790. The number of rotatable bonds is 4. The van der Waals surface area contributed by atoms with E-state index in [1.165, 1.54) is 0 Å². The summed E-state index contributed by atoms with van der Waals surface area (Å²) >= 11 is 1.65. The van der Waals surface area contributed by atoms with Crippen LogP contribution in [0.5, 0.6) is 0 Å². The van der Waals surface area contributed by atoms with Gasteiger partial charge in [0.2, 0.25) is 5.91 Å². The number of carbonyl (C=O) groups excluding carboxylic acids is 2. The Kier molecular flexibility index (Phi) is 6.28. The number of urea groups is 1. The molecule has 3 rings (SSSR count). The number of anilines is 2. The van der Waals surface area contributed by atoms with Gasteiger partial charge in [0.05, 0.1) is 12.1 Å². The monoisotopic (exact) mass is 387 g/mol. The highest BCUT2D eigenvalue weighted by atomic mass is 32.1. The first-order valence-electron chi connectivity index (χ1n) is 9.07. The van der Waals surface area contributed by atoms with Gasteiger partial charge in [0.1, 0.15) is 0 Å². The summed E-state index contributed by atoms with van der Waals surface area (Å²) in [7, 11) is 1.62. The van der Waals surface area contributed by atoms with Gasteiger partial charge >= 0.3 is 6.03 Å². The Hall–Kier alpha value is -2.61. The van der Waals surface area contributed by atoms with E-state index in [0.717, 1.165) is 48.1 Å². The van der Waals surface area contributed by atoms with Crippen LogP contribution in [-0.4, -0.2) is 55.0 Å². The van der Waals surface area contributed by atoms with Crippen molar-refractivity contribution in [3.8, 4) is 0 Å². The predicted octanol–water partition coefficient (Wildman–Crippen LogP) is 2.48. The second kappa shape index (κ2) is 8.85. The van der Waals surface area contributed by atoms with E-state index < -0.39 is 0 Å². The molecule has 2 N–H and O–H groups in total. The minimum atomic E-state index is -0.0915. The van der Waals surface area contributed by atoms with Gasteiger partial charge in [-0.1, -0.05) is 12.1 Å². The maximum absolute atomic E-state index is 12.6. The van der Waals surface area contributed by atoms with Gasteiger partial charge in [-0.15, -0.1) is 11.3 Å². The average molecular weight is 388 g/mol. The van der Waals surface area contributed by atoms with Gasteiger partial charge in [0.15, 0.2) is 5.13 Å². The Balaban J connectivity index is 1.54. The number of nitrogens with one attached hydrogen (secondary N) is 2. The van der Waals surface area contributed by atoms with Crippen molar-refractivity contribution < 1.29 is 9.59 Å². The molecular formula is C19H25N5O2S. The predicted molar refractivity (Wildman–Crippen MR) is 108 cm³/mol. The van der Waals surface area contributed by atoms with Gasteiger partial charge in [0.25, 0.3) is 0 Å². The normalized spacial score (nSPS) is 14.6. The largest absolute Gasteiger partial charge is 0.359 e. The molecule has 144 valence electrons. The highest BCUT2D eigenvalue weighted by Gasteiger charge is 2.20. The quantitative estimate of drug-likeness (QED) is 0.845. The summed E-state index contributed by atoms with van der Waals surface area (Å²) in [4.78, 5) is 32.7. The van der Waals surface area contributed by atoms with Gasteiger partial charge in [-0.2, -0.15) is 0 Å². The number of nitrogens with zero attached hydrogens (tertiary/aromatic N) is 3. The lowest BCUT2D eigenvalue weighted by Crippen LogP contribution is -2.38. The fourth-order valence-electron chi connectivity index (χ4n) is 2.98. The van der Waals surface area contributed by atoms with E-state index in [0.29, 0.717) is 13.0 Å². The molecule has 7 nitrogen and oxygen atoms in total. The molecule has 27 heavy (non-hydrogen) atoms. The number of aryl methyl sites for hydroxylation is 1. The van der Waals surface area contributed by atoms with Crippen molar-refractivity contribution in [3.05, 3.63) is 40.9 Å². The lowest BCUT2D eigenvalue weighted by atomic mass is 10.1. The van der Waals surface area contributed by atoms with Crippen molar-refractivity contribution in [1.82, 2.24) is 15.2 Å². The summed E-state index contributed by atoms with van der Waals surface area (Å²) in [6.07, 6.45) is 1.25. The van der Waals surface area contributed by atoms with Crippen LogP contribution in [0.1, 0.15) is 17.7 Å². The van der Waals surface area contributed by atoms with Crippen LogP contribution in [-0.2, 0) is 11.2 Å². The van der Waals surface area contributed by atoms with Crippen molar-refractivity contribution in [2.24, 2.45) is 0 Å². The lowest BCUT2D eigenvalue weighted by molar-refractivity contribution is -0.119. The summed E-state index contributed by atoms with van der Waals surface area (Å²) in [5, 5.41) is 8.63. The number of likely N-dealkylation sites (N-methyl/N-ethyl adjacent to an activating group) is 1. The van der Waals surface area contributed by atoms with E-state index in [4.69, 9.17) is 0 Å². The highest BCUT2D eigenvalue weighted by Crippen LogP contribution is 2.21. The zero-order valence-corrected chi connectivity index (χ0v) is 16.5. The molecule has 2 heterocycles. The van der Waals surface area contributed by atoms with E-state index >= 15 is 0 Å². The minimum Gasteiger partial charge on any atom is -0.359 e. The third-order valence-electron chi connectivity index (χ3n) is 4.51. The summed E-state index contributed by atoms with van der Waals surface area (Å²) in [6.45, 7) is 5.08. The van der Waals surface area contributed by atoms with Gasteiger partial charge < -0.3 is 20.4 Å². The molecule has 3 amide bonds. The number of aromatic nitrogens is 1. The van der Waals surface area contributed by atoms with Gasteiger partial charge in [-0.05, 0) is 31.0 Å². The van der Waals surface area contributed by atoms with Crippen LogP contribution < -0.4 is 15.5 Å². The fraction of sp³-hybridized carbons (Fsp3) is 0.421. The van der Waals surface area contributed by atoms with Gasteiger partial charge in [-0.3, -0.25) is 4.79 Å². The lowest BCUT2D eigenvalue weighted by Gasteiger charge is -2.22. The zero-order valence-electron chi connectivity index (χ0n) is 15.7. The van der Waals surface area contributed by atoms with Crippen LogP contribution in [0, 0.1) is 6.92 Å². The first-order chi connectivity index (χ1) is 13.0. The molecule has 0 atom stereocenters. The van der Waals surface area contributed by atoms with E-state index in [1.54, 1.807) is 18.4 Å². The van der Waals surface area contributed by atoms with Crippen LogP contribution >= 0.6 is 11.3 Å². The molecule has 1 aromatic carbocycles. The van der Waals surface area contributed by atoms with Crippen molar-refractivity contribution in [3.63, 3.8) is 0 Å². The molecule has 8 heteroatoms. The topological polar surface area (TPSA) is 77.6 Å². The number of hydrogen-bond donors (Lipinski definition) is 2. The molecule has 0 aliphatic carbocycles. The second-order valence-corrected chi connectivity index (χ2v) is 7.41. The van der Waals surface area contributed by atoms with Crippen molar-refractivity contribution in [2.45, 2.75) is 19.8 Å². The highest BCUT2D eigenvalue weighted by molar-refractivity contribution is 7.13. The molecule has 0 spiro atoms. The molecule has 1 aliphatic rings. The molecule has 2 aromatic rings. The maximum atomic E-state index is 12.6. The molecule has 0 unspecified atom stereocenters. The number of amides is 3. The Morgan fingerprint density at radius 1 is 1.15 bits per heavy atom. The van der Waals surface area contributed by atoms with E-state index in [-0.39, 0.29) is 11.9 Å². The summed E-state index contributed by atoms with van der Waals surface area (Å²) in [5.74, 6) is -0.0312. The van der Waals surface area contributed by atoms with Crippen molar-refractivity contribution in [2.75, 3.05) is 43.4 Å². The van der Waals surface area contributed by atoms with Gasteiger partial charge in [0, 0.05) is 44.3 Å². The molecule has 1 saturated heterocycles. The fourth-order valence-corrected chi connectivity index (χ4v) is 3.84. The minimum absolute atomic E-state index is 0.0312. The van der Waals surface area contributed by atoms with Crippen LogP contribution in [0.2, 0.25) is 0 Å². The summed E-state index contributed by atoms with van der Waals surface area (Å²) in [5.41, 5.74) is 2.68. The number of benzene rings is 1. The van der Waals surface area contributed by atoms with E-state index in [2.05, 4.69) is 25.9 Å². The maximum Gasteiger partial charge on any atom is 0.321 e. The van der Waals surface area contributed by atoms with Crippen LogP contribution in [0.25, 0.3) is 0 Å². The molecule has 0 saturated carbocycles. The number of thiazole rings is 1. The van der Waals surface area contributed by atoms with Crippen molar-refractivity contribution >= 4 is 34.1 Å². The van der Waals surface area contributed by atoms with E-state index in [9.17, 15) is 9.59 Å². The smallest absolute Gasteiger partial charge is 0.321 e. The van der Waals surface area contributed by atoms with E-state index in [1.807, 2.05) is 36.1 Å². The van der Waals surface area contributed by atoms with Crippen LogP contribution in [0.15, 0.2) is 29.6 Å². The number of carbonyl (C=O) groups is 2. The molecule has 0 bridgehead atoms. The Morgan fingerprint density at radius 3 is 2.59 bits per heavy atom. The molecule has 1 aromatic heterocycles. The summed E-state index contributed by atoms with van der Waals surface area (Å²) in [6, 6.07) is 7.29. The molecular weight excluding hydrogens is 362 g/mol. The first kappa shape index (κ1) is 19.2. The SMILES string of the molecule is CNC(=O)Cc1ccc(NC(=O)N2CCCN(c3nc(C)cs3)CC2)cc1. The van der Waals surface area contributed by atoms with Gasteiger partial charge in [-0.25, -0.2) is 9.78 Å². The third-order valence-corrected chi connectivity index (χ3v) is 5.53. The summed E-state index contributed by atoms with van der Waals surface area (Å²) < 4.78 is 0. The zero-order chi connectivity index (χ0) is 19.2. The van der Waals surface area contributed by atoms with Crippen LogP contribution in [0.3, 0.4) is 0 Å². The van der Waals surface area contributed by atoms with Crippen LogP contribution in [0.4, 0.5) is 15.6 Å². The molecule has 1 aliphatic heterocycles. The standard InChI is InChI=1S/C19H25N5O2S/c1-14-13-27-19(21-14)24-9-3-8-23(10-11-24)18(26)22-16-6-4-15(5-7-16)12-17(25)20-2/h4-7,13H,3,8-12H2,1-2H3,(H,20,25)(H,22,26). The first-order valence-corrected chi connectivity index (χ1v) is 9.95. The number of hydrogen-bond acceptors (Lipinski definition) is 5. The van der Waals surface area contributed by atoms with Crippen molar-refractivity contribution in [1.29, 1.82) is 0 Å². The molecule has 1 fully saturated rings. The Morgan fingerprint density at radius 2 is 1.93 bits per heavy atom. The third kappa shape index (κ3) is 5.19. The molecule has 0 radical (unpaired) electrons. The second-order valence-electron chi connectivity index (χ2n) is 6.58.